The topological polar surface area (TPSA) is 75.1 Å². The summed E-state index contributed by atoms with van der Waals surface area (Å²) in [5, 5.41) is 9.12. The van der Waals surface area contributed by atoms with Gasteiger partial charge in [-0.3, -0.25) is 9.89 Å². The van der Waals surface area contributed by atoms with Crippen LogP contribution in [0.3, 0.4) is 0 Å². The Labute approximate surface area is 96.3 Å². The molecule has 0 saturated carbocycles. The van der Waals surface area contributed by atoms with Gasteiger partial charge in [-0.15, -0.1) is 0 Å². The van der Waals surface area contributed by atoms with Gasteiger partial charge in [0.05, 0.1) is 29.9 Å². The molecule has 6 nitrogen and oxygen atoms in total. The van der Waals surface area contributed by atoms with Crippen molar-refractivity contribution in [3.63, 3.8) is 0 Å². The van der Waals surface area contributed by atoms with E-state index in [0.717, 1.165) is 5.52 Å². The average Bonchev–Trinajstić information content (AvgIpc) is 2.97. The first-order chi connectivity index (χ1) is 8.33. The smallest absolute Gasteiger partial charge is 0.255 e. The lowest BCUT2D eigenvalue weighted by atomic mass is 10.2. The number of anilines is 1. The maximum Gasteiger partial charge on any atom is 0.255 e. The van der Waals surface area contributed by atoms with E-state index in [0.29, 0.717) is 11.3 Å². The molecule has 2 N–H and O–H groups in total. The van der Waals surface area contributed by atoms with Gasteiger partial charge in [0.25, 0.3) is 5.91 Å². The van der Waals surface area contributed by atoms with Crippen LogP contribution in [-0.2, 0) is 0 Å². The van der Waals surface area contributed by atoms with Crippen LogP contribution in [0.2, 0.25) is 0 Å². The Hall–Kier alpha value is -2.63. The van der Waals surface area contributed by atoms with E-state index in [2.05, 4.69) is 20.5 Å². The second-order valence-corrected chi connectivity index (χ2v) is 3.58. The summed E-state index contributed by atoms with van der Waals surface area (Å²) in [5.41, 5.74) is 2.10. The van der Waals surface area contributed by atoms with E-state index >= 15 is 0 Å². The zero-order valence-corrected chi connectivity index (χ0v) is 8.79. The summed E-state index contributed by atoms with van der Waals surface area (Å²) >= 11 is 0. The second kappa shape index (κ2) is 3.75. The fourth-order valence-electron chi connectivity index (χ4n) is 1.58. The minimum atomic E-state index is -0.171. The lowest BCUT2D eigenvalue weighted by Crippen LogP contribution is -2.11. The molecule has 0 radical (unpaired) electrons. The molecule has 3 rings (SSSR count). The van der Waals surface area contributed by atoms with Crippen molar-refractivity contribution in [1.29, 1.82) is 0 Å². The highest BCUT2D eigenvalue weighted by atomic mass is 16.1. The Balaban J connectivity index is 1.90. The van der Waals surface area contributed by atoms with E-state index < -0.39 is 0 Å². The first-order valence-electron chi connectivity index (χ1n) is 5.05. The normalized spacial score (nSPS) is 10.6. The average molecular weight is 227 g/mol. The molecule has 0 aromatic carbocycles. The Morgan fingerprint density at radius 2 is 2.35 bits per heavy atom. The maximum atomic E-state index is 11.9. The number of aromatic amines is 1. The van der Waals surface area contributed by atoms with Gasteiger partial charge in [-0.25, -0.2) is 4.98 Å². The van der Waals surface area contributed by atoms with E-state index in [9.17, 15) is 4.79 Å². The molecule has 84 valence electrons. The Morgan fingerprint density at radius 1 is 1.41 bits per heavy atom. The summed E-state index contributed by atoms with van der Waals surface area (Å²) < 4.78 is 1.84. The highest BCUT2D eigenvalue weighted by Gasteiger charge is 2.07. The van der Waals surface area contributed by atoms with E-state index in [4.69, 9.17) is 0 Å². The molecular weight excluding hydrogens is 218 g/mol. The van der Waals surface area contributed by atoms with Crippen molar-refractivity contribution in [3.05, 3.63) is 48.8 Å². The van der Waals surface area contributed by atoms with Crippen molar-refractivity contribution in [1.82, 2.24) is 19.6 Å². The van der Waals surface area contributed by atoms with Crippen LogP contribution in [0.1, 0.15) is 10.4 Å². The van der Waals surface area contributed by atoms with E-state index in [1.807, 2.05) is 4.40 Å². The van der Waals surface area contributed by atoms with Gasteiger partial charge in [0.2, 0.25) is 0 Å². The number of hydrogen-bond acceptors (Lipinski definition) is 3. The Kier molecular flexibility index (Phi) is 2.11. The fourth-order valence-corrected chi connectivity index (χ4v) is 1.58. The molecule has 3 heterocycles. The van der Waals surface area contributed by atoms with Gasteiger partial charge in [-0.1, -0.05) is 0 Å². The van der Waals surface area contributed by atoms with Crippen molar-refractivity contribution < 1.29 is 4.79 Å². The third-order valence-electron chi connectivity index (χ3n) is 2.43. The number of imidazole rings is 1. The quantitative estimate of drug-likeness (QED) is 0.693. The van der Waals surface area contributed by atoms with E-state index in [1.165, 1.54) is 0 Å². The van der Waals surface area contributed by atoms with Crippen LogP contribution in [0.4, 0.5) is 5.69 Å². The molecule has 0 aliphatic carbocycles. The Morgan fingerprint density at radius 3 is 3.18 bits per heavy atom. The van der Waals surface area contributed by atoms with Gasteiger partial charge in [0.15, 0.2) is 0 Å². The zero-order chi connectivity index (χ0) is 11.7. The molecule has 0 aliphatic heterocycles. The highest BCUT2D eigenvalue weighted by Crippen LogP contribution is 2.09. The molecule has 0 saturated heterocycles. The molecule has 1 amide bonds. The van der Waals surface area contributed by atoms with Crippen LogP contribution in [0.15, 0.2) is 43.2 Å². The van der Waals surface area contributed by atoms with Crippen LogP contribution < -0.4 is 5.32 Å². The minimum Gasteiger partial charge on any atom is -0.319 e. The predicted molar refractivity (Wildman–Crippen MR) is 61.7 cm³/mol. The highest BCUT2D eigenvalue weighted by molar-refractivity contribution is 6.04. The standard InChI is InChI=1S/C11H9N5O/c17-11(15-9-4-13-14-5-9)8-1-2-16-7-12-6-10(16)3-8/h1-7H,(H,13,14)(H,15,17). The van der Waals surface area contributed by atoms with Crippen molar-refractivity contribution in [2.24, 2.45) is 0 Å². The van der Waals surface area contributed by atoms with Crippen LogP contribution in [-0.4, -0.2) is 25.5 Å². The van der Waals surface area contributed by atoms with Crippen LogP contribution in [0.25, 0.3) is 5.52 Å². The summed E-state index contributed by atoms with van der Waals surface area (Å²) in [5.74, 6) is -0.171. The van der Waals surface area contributed by atoms with Crippen molar-refractivity contribution in [2.45, 2.75) is 0 Å². The van der Waals surface area contributed by atoms with Gasteiger partial charge in [0.1, 0.15) is 0 Å². The summed E-state index contributed by atoms with van der Waals surface area (Å²) in [4.78, 5) is 15.9. The van der Waals surface area contributed by atoms with Crippen molar-refractivity contribution >= 4 is 17.1 Å². The van der Waals surface area contributed by atoms with E-state index in [-0.39, 0.29) is 5.91 Å². The number of pyridine rings is 1. The number of nitrogens with one attached hydrogen (secondary N) is 2. The van der Waals surface area contributed by atoms with Crippen LogP contribution in [0, 0.1) is 0 Å². The lowest BCUT2D eigenvalue weighted by Gasteiger charge is -2.02. The summed E-state index contributed by atoms with van der Waals surface area (Å²) in [7, 11) is 0. The number of carbonyl (C=O) groups is 1. The zero-order valence-electron chi connectivity index (χ0n) is 8.79. The molecule has 3 aromatic heterocycles. The number of nitrogens with zero attached hydrogens (tertiary/aromatic N) is 3. The van der Waals surface area contributed by atoms with Gasteiger partial charge in [0, 0.05) is 18.0 Å². The molecular formula is C11H9N5O. The second-order valence-electron chi connectivity index (χ2n) is 3.58. The number of hydrogen-bond donors (Lipinski definition) is 2. The third kappa shape index (κ3) is 1.76. The summed E-state index contributed by atoms with van der Waals surface area (Å²) in [6, 6.07) is 3.52. The maximum absolute atomic E-state index is 11.9. The number of amides is 1. The molecule has 0 fully saturated rings. The molecule has 0 bridgehead atoms. The van der Waals surface area contributed by atoms with Gasteiger partial charge in [-0.05, 0) is 12.1 Å². The molecule has 3 aromatic rings. The number of aromatic nitrogens is 4. The van der Waals surface area contributed by atoms with Crippen LogP contribution in [0.5, 0.6) is 0 Å². The molecule has 0 atom stereocenters. The van der Waals surface area contributed by atoms with Gasteiger partial charge >= 0.3 is 0 Å². The SMILES string of the molecule is O=C(Nc1cn[nH]c1)c1ccn2cncc2c1. The van der Waals surface area contributed by atoms with Crippen LogP contribution >= 0.6 is 0 Å². The predicted octanol–water partition coefficient (Wildman–Crippen LogP) is 1.31. The fraction of sp³-hybridized carbons (Fsp3) is 0. The third-order valence-corrected chi connectivity index (χ3v) is 2.43. The molecule has 6 heteroatoms. The number of rotatable bonds is 2. The molecule has 0 spiro atoms. The first kappa shape index (κ1) is 9.59. The summed E-state index contributed by atoms with van der Waals surface area (Å²) in [6.07, 6.45) is 8.36. The number of carbonyl (C=O) groups excluding carboxylic acids is 1. The van der Waals surface area contributed by atoms with Crippen molar-refractivity contribution in [2.75, 3.05) is 5.32 Å². The van der Waals surface area contributed by atoms with E-state index in [1.54, 1.807) is 43.2 Å². The molecule has 0 aliphatic rings. The van der Waals surface area contributed by atoms with Gasteiger partial charge in [-0.2, -0.15) is 5.10 Å². The first-order valence-corrected chi connectivity index (χ1v) is 5.05. The lowest BCUT2D eigenvalue weighted by molar-refractivity contribution is 0.102. The minimum absolute atomic E-state index is 0.171. The molecule has 0 unspecified atom stereocenters. The Bertz CT molecular complexity index is 655. The number of fused-ring (bicyclic) bond motifs is 1. The number of H-pyrrole nitrogens is 1. The monoisotopic (exact) mass is 227 g/mol. The largest absolute Gasteiger partial charge is 0.319 e. The van der Waals surface area contributed by atoms with Crippen molar-refractivity contribution in [3.8, 4) is 0 Å². The summed E-state index contributed by atoms with van der Waals surface area (Å²) in [6.45, 7) is 0. The van der Waals surface area contributed by atoms with Gasteiger partial charge < -0.3 is 9.72 Å². The molecule has 17 heavy (non-hydrogen) atoms.